The van der Waals surface area contributed by atoms with Crippen LogP contribution in [0.3, 0.4) is 0 Å². The molecule has 0 radical (unpaired) electrons. The highest BCUT2D eigenvalue weighted by molar-refractivity contribution is 7.45. The third kappa shape index (κ3) is 38.5. The van der Waals surface area contributed by atoms with Crippen molar-refractivity contribution in [2.75, 3.05) is 47.5 Å². The van der Waals surface area contributed by atoms with Crippen LogP contribution < -0.4 is 4.89 Å². The second kappa shape index (κ2) is 35.5. The summed E-state index contributed by atoms with van der Waals surface area (Å²) in [5.74, 6) is -0.837. The number of allylic oxidation sites excluding steroid dienone is 2. The molecule has 0 spiro atoms. The van der Waals surface area contributed by atoms with Gasteiger partial charge in [-0.15, -0.1) is 0 Å². The van der Waals surface area contributed by atoms with Crippen LogP contribution in [0.15, 0.2) is 12.2 Å². The van der Waals surface area contributed by atoms with Crippen LogP contribution in [0.2, 0.25) is 0 Å². The topological polar surface area (TPSA) is 111 Å². The van der Waals surface area contributed by atoms with Gasteiger partial charge in [0.2, 0.25) is 0 Å². The van der Waals surface area contributed by atoms with E-state index in [-0.39, 0.29) is 32.0 Å². The largest absolute Gasteiger partial charge is 0.756 e. The standard InChI is InChI=1S/C42H82NO8P/c1-6-8-10-12-14-16-18-20-21-23-25-27-29-31-33-35-42(45)51-40(39-50-52(46,47)49-37-36-43(3,4)5)38-48-41(44)34-32-30-28-26-24-22-19-17-15-13-11-9-7-2/h20-21,40H,6-19,22-39H2,1-5H3/b21-20+/t40-/m1/s1/i1+1. The Morgan fingerprint density at radius 3 is 1.42 bits per heavy atom. The zero-order chi connectivity index (χ0) is 38.6. The summed E-state index contributed by atoms with van der Waals surface area (Å²) in [6.45, 7) is 4.22. The average Bonchev–Trinajstić information content (AvgIpc) is 3.09. The summed E-state index contributed by atoms with van der Waals surface area (Å²) in [5, 5.41) is 0. The van der Waals surface area contributed by atoms with Crippen LogP contribution in [0.4, 0.5) is 0 Å². The van der Waals surface area contributed by atoms with Crippen molar-refractivity contribution in [3.63, 3.8) is 0 Å². The normalized spacial score (nSPS) is 13.7. The summed E-state index contributed by atoms with van der Waals surface area (Å²) < 4.78 is 33.8. The lowest BCUT2D eigenvalue weighted by Gasteiger charge is -2.28. The van der Waals surface area contributed by atoms with E-state index < -0.39 is 26.5 Å². The molecule has 0 aromatic heterocycles. The first-order chi connectivity index (χ1) is 25.0. The molecule has 0 aliphatic heterocycles. The number of phosphoric acid groups is 1. The Labute approximate surface area is 320 Å². The maximum atomic E-state index is 12.6. The quantitative estimate of drug-likeness (QED) is 0.0152. The van der Waals surface area contributed by atoms with Crippen molar-refractivity contribution in [1.29, 1.82) is 0 Å². The zero-order valence-electron chi connectivity index (χ0n) is 34.5. The van der Waals surface area contributed by atoms with Gasteiger partial charge in [-0.1, -0.05) is 154 Å². The van der Waals surface area contributed by atoms with Crippen LogP contribution in [0.5, 0.6) is 0 Å². The lowest BCUT2D eigenvalue weighted by Crippen LogP contribution is -2.37. The van der Waals surface area contributed by atoms with E-state index in [0.717, 1.165) is 51.4 Å². The van der Waals surface area contributed by atoms with E-state index in [2.05, 4.69) is 26.0 Å². The molecule has 0 bridgehead atoms. The molecule has 0 aliphatic rings. The molecule has 0 amide bonds. The molecule has 1 unspecified atom stereocenters. The van der Waals surface area contributed by atoms with Crippen molar-refractivity contribution in [3.05, 3.63) is 12.2 Å². The van der Waals surface area contributed by atoms with Gasteiger partial charge in [0.25, 0.3) is 7.82 Å². The van der Waals surface area contributed by atoms with Crippen molar-refractivity contribution < 1.29 is 42.1 Å². The van der Waals surface area contributed by atoms with E-state index in [9.17, 15) is 19.0 Å². The van der Waals surface area contributed by atoms with Crippen LogP contribution in [-0.2, 0) is 32.7 Å². The number of carbonyl (C=O) groups is 2. The van der Waals surface area contributed by atoms with Gasteiger partial charge in [0, 0.05) is 12.8 Å². The second-order valence-electron chi connectivity index (χ2n) is 15.7. The third-order valence-corrected chi connectivity index (χ3v) is 10.2. The summed E-state index contributed by atoms with van der Waals surface area (Å²) in [5.41, 5.74) is 0. The fraction of sp³-hybridized carbons (Fsp3) is 0.905. The Balaban J connectivity index is 4.37. The predicted octanol–water partition coefficient (Wildman–Crippen LogP) is 11.2. The van der Waals surface area contributed by atoms with Crippen LogP contribution >= 0.6 is 7.82 Å². The lowest BCUT2D eigenvalue weighted by molar-refractivity contribution is -0.870. The number of likely N-dealkylation sites (N-methyl/N-ethyl adjacent to an activating group) is 1. The molecule has 2 atom stereocenters. The number of rotatable bonds is 39. The van der Waals surface area contributed by atoms with Gasteiger partial charge in [-0.3, -0.25) is 14.2 Å². The number of hydrogen-bond acceptors (Lipinski definition) is 8. The van der Waals surface area contributed by atoms with Gasteiger partial charge in [-0.05, 0) is 38.5 Å². The Morgan fingerprint density at radius 2 is 0.981 bits per heavy atom. The van der Waals surface area contributed by atoms with Crippen LogP contribution in [-0.4, -0.2) is 70.0 Å². The van der Waals surface area contributed by atoms with Crippen molar-refractivity contribution >= 4 is 19.8 Å². The maximum Gasteiger partial charge on any atom is 0.306 e. The summed E-state index contributed by atoms with van der Waals surface area (Å²) in [7, 11) is 1.17. The monoisotopic (exact) mass is 761 g/mol. The van der Waals surface area contributed by atoms with Crippen molar-refractivity contribution in [1.82, 2.24) is 0 Å². The molecule has 0 aromatic carbocycles. The number of phosphoric ester groups is 1. The number of quaternary nitrogens is 1. The minimum absolute atomic E-state index is 0.0294. The maximum absolute atomic E-state index is 12.6. The Bertz CT molecular complexity index is 907. The van der Waals surface area contributed by atoms with E-state index in [4.69, 9.17) is 18.5 Å². The molecular formula is C42H82NO8P. The molecule has 0 aliphatic carbocycles. The average molecular weight is 761 g/mol. The van der Waals surface area contributed by atoms with Crippen LogP contribution in [0.1, 0.15) is 194 Å². The van der Waals surface area contributed by atoms with Crippen molar-refractivity contribution in [3.8, 4) is 0 Å². The number of nitrogens with zero attached hydrogens (tertiary/aromatic N) is 1. The summed E-state index contributed by atoms with van der Waals surface area (Å²) in [6, 6.07) is 0. The summed E-state index contributed by atoms with van der Waals surface area (Å²) >= 11 is 0. The van der Waals surface area contributed by atoms with E-state index in [1.165, 1.54) is 109 Å². The number of unbranched alkanes of at least 4 members (excludes halogenated alkanes) is 23. The minimum atomic E-state index is -4.62. The number of hydrogen-bond donors (Lipinski definition) is 0. The van der Waals surface area contributed by atoms with E-state index >= 15 is 0 Å². The molecule has 0 aromatic rings. The van der Waals surface area contributed by atoms with E-state index in [1.54, 1.807) is 0 Å². The summed E-state index contributed by atoms with van der Waals surface area (Å²) in [6.07, 6.45) is 35.1. The molecule has 0 heterocycles. The number of ether oxygens (including phenoxy) is 2. The first-order valence-corrected chi connectivity index (χ1v) is 22.9. The smallest absolute Gasteiger partial charge is 0.306 e. The molecule has 308 valence electrons. The third-order valence-electron chi connectivity index (χ3n) is 9.29. The van der Waals surface area contributed by atoms with E-state index in [0.29, 0.717) is 17.4 Å². The molecule has 0 fully saturated rings. The molecule has 10 heteroatoms. The van der Waals surface area contributed by atoms with E-state index in [1.807, 2.05) is 21.1 Å². The molecule has 9 nitrogen and oxygen atoms in total. The molecule has 0 saturated carbocycles. The fourth-order valence-electron chi connectivity index (χ4n) is 5.88. The minimum Gasteiger partial charge on any atom is -0.756 e. The Morgan fingerprint density at radius 1 is 0.577 bits per heavy atom. The highest BCUT2D eigenvalue weighted by Gasteiger charge is 2.21. The van der Waals surface area contributed by atoms with Gasteiger partial charge in [0.15, 0.2) is 6.10 Å². The van der Waals surface area contributed by atoms with Gasteiger partial charge in [-0.25, -0.2) is 0 Å². The molecule has 52 heavy (non-hydrogen) atoms. The molecule has 0 saturated heterocycles. The number of esters is 2. The van der Waals surface area contributed by atoms with Gasteiger partial charge in [0.1, 0.15) is 19.8 Å². The van der Waals surface area contributed by atoms with Crippen molar-refractivity contribution in [2.45, 2.75) is 200 Å². The van der Waals surface area contributed by atoms with Crippen LogP contribution in [0, 0.1) is 0 Å². The van der Waals surface area contributed by atoms with Gasteiger partial charge >= 0.3 is 11.9 Å². The highest BCUT2D eigenvalue weighted by Crippen LogP contribution is 2.38. The zero-order valence-corrected chi connectivity index (χ0v) is 35.4. The Hall–Kier alpha value is -1.25. The van der Waals surface area contributed by atoms with Crippen LogP contribution in [0.25, 0.3) is 0 Å². The van der Waals surface area contributed by atoms with Crippen molar-refractivity contribution in [2.24, 2.45) is 0 Å². The van der Waals surface area contributed by atoms with Gasteiger partial charge in [0.05, 0.1) is 27.7 Å². The SMILES string of the molecule is CCCCCCCCCCCCCCCC(=O)OC[C@H](COP(=O)([O-])OCC[N+](C)(C)C)OC(=O)CCCCCCC/C=C/CCCCCCC[13CH3]. The van der Waals surface area contributed by atoms with Gasteiger partial charge in [-0.2, -0.15) is 0 Å². The molecule has 0 N–H and O–H groups in total. The molecular weight excluding hydrogens is 678 g/mol. The highest BCUT2D eigenvalue weighted by atomic mass is 31.2. The lowest BCUT2D eigenvalue weighted by atomic mass is 10.0. The summed E-state index contributed by atoms with van der Waals surface area (Å²) in [4.78, 5) is 37.4. The fourth-order valence-corrected chi connectivity index (χ4v) is 6.61. The first-order valence-electron chi connectivity index (χ1n) is 21.4. The first kappa shape index (κ1) is 50.8. The second-order valence-corrected chi connectivity index (χ2v) is 17.1. The van der Waals surface area contributed by atoms with Gasteiger partial charge < -0.3 is 27.9 Å². The molecule has 0 rings (SSSR count). The predicted molar refractivity (Wildman–Crippen MR) is 213 cm³/mol. The number of carbonyl (C=O) groups excluding carboxylic acids is 2. The Kier molecular flexibility index (Phi) is 34.6.